The fourth-order valence-corrected chi connectivity index (χ4v) is 2.95. The molecule has 6 heteroatoms. The zero-order valence-electron chi connectivity index (χ0n) is 10.6. The summed E-state index contributed by atoms with van der Waals surface area (Å²) < 4.78 is 22.8. The maximum Gasteiger partial charge on any atom is 0.175 e. The van der Waals surface area contributed by atoms with E-state index in [2.05, 4.69) is 17.8 Å². The van der Waals surface area contributed by atoms with Crippen LogP contribution < -0.4 is 16.6 Å². The Morgan fingerprint density at radius 3 is 2.33 bits per heavy atom. The molecule has 1 fully saturated rings. The molecule has 0 aromatic heterocycles. The van der Waals surface area contributed by atoms with Crippen LogP contribution in [0.2, 0.25) is 0 Å². The van der Waals surface area contributed by atoms with Gasteiger partial charge in [0, 0.05) is 18.2 Å². The van der Waals surface area contributed by atoms with Gasteiger partial charge >= 0.3 is 0 Å². The first kappa shape index (κ1) is 13.5. The van der Waals surface area contributed by atoms with Gasteiger partial charge in [-0.1, -0.05) is 12.1 Å². The van der Waals surface area contributed by atoms with Crippen LogP contribution in [-0.2, 0) is 9.84 Å². The van der Waals surface area contributed by atoms with E-state index in [0.717, 1.165) is 5.56 Å². The van der Waals surface area contributed by atoms with Crippen LogP contribution in [0.3, 0.4) is 0 Å². The molecule has 1 aromatic carbocycles. The summed E-state index contributed by atoms with van der Waals surface area (Å²) in [6, 6.07) is 7.40. The van der Waals surface area contributed by atoms with Gasteiger partial charge in [0.25, 0.3) is 0 Å². The largest absolute Gasteiger partial charge is 0.330 e. The third-order valence-corrected chi connectivity index (χ3v) is 4.60. The van der Waals surface area contributed by atoms with E-state index in [9.17, 15) is 8.42 Å². The van der Waals surface area contributed by atoms with Crippen LogP contribution in [0.15, 0.2) is 29.2 Å². The molecule has 18 heavy (non-hydrogen) atoms. The van der Waals surface area contributed by atoms with Crippen molar-refractivity contribution in [2.24, 2.45) is 11.7 Å². The topological polar surface area (TPSA) is 84.2 Å². The summed E-state index contributed by atoms with van der Waals surface area (Å²) in [6.07, 6.45) is 1.21. The average molecular weight is 269 g/mol. The Labute approximate surface area is 108 Å². The van der Waals surface area contributed by atoms with Crippen LogP contribution in [-0.4, -0.2) is 27.3 Å². The molecule has 2 rings (SSSR count). The molecule has 0 saturated carbocycles. The second-order valence-electron chi connectivity index (χ2n) is 4.80. The van der Waals surface area contributed by atoms with Crippen molar-refractivity contribution in [3.8, 4) is 0 Å². The Morgan fingerprint density at radius 2 is 1.83 bits per heavy atom. The van der Waals surface area contributed by atoms with Crippen LogP contribution in [0, 0.1) is 5.92 Å². The van der Waals surface area contributed by atoms with Gasteiger partial charge in [-0.15, -0.1) is 0 Å². The van der Waals surface area contributed by atoms with Crippen molar-refractivity contribution >= 4 is 9.84 Å². The second kappa shape index (κ2) is 4.97. The summed E-state index contributed by atoms with van der Waals surface area (Å²) in [5.74, 6) is 0.300. The molecule has 3 unspecified atom stereocenters. The van der Waals surface area contributed by atoms with E-state index in [1.54, 1.807) is 12.1 Å². The molecule has 1 aliphatic heterocycles. The minimum absolute atomic E-state index is 0.124. The van der Waals surface area contributed by atoms with Gasteiger partial charge in [-0.2, -0.15) is 0 Å². The Morgan fingerprint density at radius 1 is 1.22 bits per heavy atom. The summed E-state index contributed by atoms with van der Waals surface area (Å²) in [4.78, 5) is 0.342. The van der Waals surface area contributed by atoms with Crippen LogP contribution in [0.4, 0.5) is 0 Å². The quantitative estimate of drug-likeness (QED) is 0.730. The third kappa shape index (κ3) is 2.56. The molecule has 1 aliphatic rings. The van der Waals surface area contributed by atoms with Gasteiger partial charge in [0.05, 0.1) is 10.9 Å². The summed E-state index contributed by atoms with van der Waals surface area (Å²) in [5.41, 5.74) is 13.2. The highest BCUT2D eigenvalue weighted by molar-refractivity contribution is 7.90. The molecule has 0 bridgehead atoms. The fraction of sp³-hybridized carbons (Fsp3) is 0.500. The minimum Gasteiger partial charge on any atom is -0.330 e. The number of hydrazine groups is 1. The maximum absolute atomic E-state index is 11.4. The predicted molar refractivity (Wildman–Crippen MR) is 70.6 cm³/mol. The first-order valence-electron chi connectivity index (χ1n) is 5.94. The smallest absolute Gasteiger partial charge is 0.175 e. The zero-order valence-corrected chi connectivity index (χ0v) is 11.4. The molecule has 0 spiro atoms. The van der Waals surface area contributed by atoms with Crippen molar-refractivity contribution in [1.82, 2.24) is 10.9 Å². The third-order valence-electron chi connectivity index (χ3n) is 3.48. The Hall–Kier alpha value is -0.950. The summed E-state index contributed by atoms with van der Waals surface area (Å²) in [5, 5.41) is 0. The zero-order chi connectivity index (χ0) is 13.3. The predicted octanol–water partition coefficient (Wildman–Crippen LogP) is 0.202. The van der Waals surface area contributed by atoms with Crippen molar-refractivity contribution in [2.45, 2.75) is 23.9 Å². The molecule has 4 N–H and O–H groups in total. The lowest BCUT2D eigenvalue weighted by molar-refractivity contribution is 0.444. The van der Waals surface area contributed by atoms with Crippen molar-refractivity contribution in [1.29, 1.82) is 0 Å². The van der Waals surface area contributed by atoms with Crippen molar-refractivity contribution in [3.05, 3.63) is 29.8 Å². The van der Waals surface area contributed by atoms with Gasteiger partial charge in [0.2, 0.25) is 0 Å². The molecule has 1 aromatic rings. The van der Waals surface area contributed by atoms with Gasteiger partial charge in [-0.25, -0.2) is 13.8 Å². The lowest BCUT2D eigenvalue weighted by Crippen LogP contribution is -2.30. The first-order chi connectivity index (χ1) is 8.43. The highest BCUT2D eigenvalue weighted by atomic mass is 32.2. The molecule has 0 aliphatic carbocycles. The van der Waals surface area contributed by atoms with E-state index < -0.39 is 9.84 Å². The second-order valence-corrected chi connectivity index (χ2v) is 6.81. The maximum atomic E-state index is 11.4. The number of nitrogens with two attached hydrogens (primary N) is 1. The minimum atomic E-state index is -3.13. The molecule has 3 atom stereocenters. The number of hydrogen-bond donors (Lipinski definition) is 3. The van der Waals surface area contributed by atoms with Crippen molar-refractivity contribution in [2.75, 3.05) is 12.8 Å². The molecule has 5 nitrogen and oxygen atoms in total. The Bertz CT molecular complexity index is 513. The van der Waals surface area contributed by atoms with Crippen molar-refractivity contribution in [3.63, 3.8) is 0 Å². The SMILES string of the molecule is CC1NNC(c2ccc(S(C)(=O)=O)cc2)C1CN. The number of benzene rings is 1. The van der Waals surface area contributed by atoms with E-state index in [1.165, 1.54) is 6.26 Å². The van der Waals surface area contributed by atoms with Crippen molar-refractivity contribution < 1.29 is 8.42 Å². The first-order valence-corrected chi connectivity index (χ1v) is 7.84. The summed E-state index contributed by atoms with van der Waals surface area (Å²) in [7, 11) is -3.13. The van der Waals surface area contributed by atoms with Gasteiger partial charge in [0.15, 0.2) is 9.84 Å². The number of nitrogens with one attached hydrogen (secondary N) is 2. The molecule has 0 radical (unpaired) electrons. The molecule has 0 amide bonds. The molecular weight excluding hydrogens is 250 g/mol. The normalized spacial score (nSPS) is 28.5. The number of rotatable bonds is 3. The van der Waals surface area contributed by atoms with Gasteiger partial charge < -0.3 is 5.73 Å². The van der Waals surface area contributed by atoms with E-state index in [1.807, 2.05) is 12.1 Å². The monoisotopic (exact) mass is 269 g/mol. The van der Waals surface area contributed by atoms with Gasteiger partial charge in [-0.05, 0) is 31.2 Å². The van der Waals surface area contributed by atoms with E-state index in [0.29, 0.717) is 23.4 Å². The summed E-state index contributed by atoms with van der Waals surface area (Å²) in [6.45, 7) is 2.66. The Kier molecular flexibility index (Phi) is 3.72. The lowest BCUT2D eigenvalue weighted by Gasteiger charge is -2.19. The van der Waals surface area contributed by atoms with Gasteiger partial charge in [-0.3, -0.25) is 5.43 Å². The number of hydrogen-bond acceptors (Lipinski definition) is 5. The van der Waals surface area contributed by atoms with Crippen LogP contribution in [0.5, 0.6) is 0 Å². The average Bonchev–Trinajstić information content (AvgIpc) is 2.69. The standard InChI is InChI=1S/C12H19N3O2S/c1-8-11(7-13)12(15-14-8)9-3-5-10(6-4-9)18(2,16)17/h3-6,8,11-12,14-15H,7,13H2,1-2H3. The highest BCUT2D eigenvalue weighted by Crippen LogP contribution is 2.28. The van der Waals surface area contributed by atoms with E-state index in [-0.39, 0.29) is 6.04 Å². The molecule has 1 saturated heterocycles. The Balaban J connectivity index is 2.25. The van der Waals surface area contributed by atoms with E-state index >= 15 is 0 Å². The van der Waals surface area contributed by atoms with E-state index in [4.69, 9.17) is 5.73 Å². The molecule has 100 valence electrons. The fourth-order valence-electron chi connectivity index (χ4n) is 2.32. The molecule has 1 heterocycles. The lowest BCUT2D eigenvalue weighted by atomic mass is 9.90. The van der Waals surface area contributed by atoms with Crippen LogP contribution in [0.1, 0.15) is 18.5 Å². The number of sulfone groups is 1. The van der Waals surface area contributed by atoms with Gasteiger partial charge in [0.1, 0.15) is 0 Å². The van der Waals surface area contributed by atoms with Crippen LogP contribution >= 0.6 is 0 Å². The highest BCUT2D eigenvalue weighted by Gasteiger charge is 2.32. The molecular formula is C12H19N3O2S. The summed E-state index contributed by atoms with van der Waals surface area (Å²) >= 11 is 0. The van der Waals surface area contributed by atoms with Crippen LogP contribution in [0.25, 0.3) is 0 Å².